The van der Waals surface area contributed by atoms with E-state index in [1.807, 2.05) is 12.4 Å². The van der Waals surface area contributed by atoms with Gasteiger partial charge in [-0.15, -0.1) is 0 Å². The van der Waals surface area contributed by atoms with Crippen molar-refractivity contribution in [3.8, 4) is 0 Å². The molecule has 0 aliphatic rings. The summed E-state index contributed by atoms with van der Waals surface area (Å²) in [6, 6.07) is 11.3. The van der Waals surface area contributed by atoms with Crippen LogP contribution in [-0.2, 0) is 0 Å². The molecule has 0 unspecified atom stereocenters. The molecule has 2 nitrogen and oxygen atoms in total. The van der Waals surface area contributed by atoms with Crippen molar-refractivity contribution in [1.29, 1.82) is 0 Å². The molecule has 0 N–H and O–H groups in total. The lowest BCUT2D eigenvalue weighted by Crippen LogP contribution is -2.01. The van der Waals surface area contributed by atoms with E-state index in [2.05, 4.69) is 67.6 Å². The summed E-state index contributed by atoms with van der Waals surface area (Å²) in [4.78, 5) is 4.34. The molecule has 2 aromatic carbocycles. The molecule has 22 heavy (non-hydrogen) atoms. The van der Waals surface area contributed by atoms with Crippen LogP contribution in [-0.4, -0.2) is 9.55 Å². The van der Waals surface area contributed by atoms with E-state index >= 15 is 0 Å². The third-order valence-electron chi connectivity index (χ3n) is 4.79. The lowest BCUT2D eigenvalue weighted by Gasteiger charge is -2.15. The summed E-state index contributed by atoms with van der Waals surface area (Å²) < 4.78 is 2.48. The van der Waals surface area contributed by atoms with Gasteiger partial charge in [0.2, 0.25) is 0 Å². The molecule has 0 amide bonds. The lowest BCUT2D eigenvalue weighted by atomic mass is 9.97. The zero-order valence-corrected chi connectivity index (χ0v) is 13.5. The SMILES string of the molecule is Cc1c2cnccc2c(C)c2c1c1ccccc1n2C(C)C. The van der Waals surface area contributed by atoms with Gasteiger partial charge in [-0.05, 0) is 56.3 Å². The van der Waals surface area contributed by atoms with Crippen LogP contribution in [0.4, 0.5) is 0 Å². The molecule has 0 atom stereocenters. The maximum atomic E-state index is 4.34. The van der Waals surface area contributed by atoms with Crippen LogP contribution in [0.2, 0.25) is 0 Å². The number of aromatic nitrogens is 2. The van der Waals surface area contributed by atoms with E-state index in [0.29, 0.717) is 6.04 Å². The number of hydrogen-bond acceptors (Lipinski definition) is 1. The summed E-state index contributed by atoms with van der Waals surface area (Å²) in [5.41, 5.74) is 5.37. The molecule has 2 heterocycles. The molecule has 0 bridgehead atoms. The highest BCUT2D eigenvalue weighted by Crippen LogP contribution is 2.39. The molecule has 2 heteroatoms. The Balaban J connectivity index is 2.41. The average molecular weight is 288 g/mol. The molecule has 4 rings (SSSR count). The highest BCUT2D eigenvalue weighted by atomic mass is 15.0. The highest BCUT2D eigenvalue weighted by Gasteiger charge is 2.18. The fourth-order valence-electron chi connectivity index (χ4n) is 3.83. The summed E-state index contributed by atoms with van der Waals surface area (Å²) >= 11 is 0. The van der Waals surface area contributed by atoms with Crippen LogP contribution in [0.3, 0.4) is 0 Å². The van der Waals surface area contributed by atoms with Crippen molar-refractivity contribution < 1.29 is 0 Å². The van der Waals surface area contributed by atoms with Crippen LogP contribution in [0, 0.1) is 13.8 Å². The normalized spacial score (nSPS) is 12.0. The Hall–Kier alpha value is -2.35. The Kier molecular flexibility index (Phi) is 2.77. The first-order valence-corrected chi connectivity index (χ1v) is 7.86. The molecule has 0 saturated carbocycles. The smallest absolute Gasteiger partial charge is 0.0532 e. The van der Waals surface area contributed by atoms with Crippen LogP contribution in [0.1, 0.15) is 31.0 Å². The number of nitrogens with zero attached hydrogens (tertiary/aromatic N) is 2. The summed E-state index contributed by atoms with van der Waals surface area (Å²) in [7, 11) is 0. The van der Waals surface area contributed by atoms with Gasteiger partial charge in [0, 0.05) is 40.1 Å². The molecule has 2 aromatic heterocycles. The van der Waals surface area contributed by atoms with Crippen LogP contribution in [0.5, 0.6) is 0 Å². The quantitative estimate of drug-likeness (QED) is 0.449. The van der Waals surface area contributed by atoms with E-state index in [4.69, 9.17) is 0 Å². The standard InChI is InChI=1S/C20H20N2/c1-12(2)22-18-8-6-5-7-16(18)19-13(3)17-11-21-10-9-15(17)14(4)20(19)22/h5-12H,1-4H3. The third kappa shape index (κ3) is 1.58. The van der Waals surface area contributed by atoms with Crippen molar-refractivity contribution in [1.82, 2.24) is 9.55 Å². The first-order chi connectivity index (χ1) is 10.6. The molecule has 0 aliphatic carbocycles. The predicted octanol–water partition coefficient (Wildman–Crippen LogP) is 5.54. The van der Waals surface area contributed by atoms with Crippen molar-refractivity contribution in [2.45, 2.75) is 33.7 Å². The van der Waals surface area contributed by atoms with E-state index in [-0.39, 0.29) is 0 Å². The van der Waals surface area contributed by atoms with Gasteiger partial charge in [0.25, 0.3) is 0 Å². The fraction of sp³-hybridized carbons (Fsp3) is 0.250. The Morgan fingerprint density at radius 3 is 2.45 bits per heavy atom. The Bertz CT molecular complexity index is 1020. The van der Waals surface area contributed by atoms with E-state index in [1.54, 1.807) is 0 Å². The molecule has 0 spiro atoms. The summed E-state index contributed by atoms with van der Waals surface area (Å²) in [6.07, 6.45) is 3.89. The molecular formula is C20H20N2. The van der Waals surface area contributed by atoms with Gasteiger partial charge in [0.15, 0.2) is 0 Å². The molecule has 0 radical (unpaired) electrons. The van der Waals surface area contributed by atoms with Gasteiger partial charge in [-0.3, -0.25) is 4.98 Å². The van der Waals surface area contributed by atoms with E-state index in [1.165, 1.54) is 43.7 Å². The van der Waals surface area contributed by atoms with Crippen LogP contribution in [0.25, 0.3) is 32.6 Å². The van der Waals surface area contributed by atoms with Crippen molar-refractivity contribution in [3.63, 3.8) is 0 Å². The van der Waals surface area contributed by atoms with Crippen LogP contribution in [0.15, 0.2) is 42.7 Å². The minimum absolute atomic E-state index is 0.430. The Labute approximate surface area is 130 Å². The van der Waals surface area contributed by atoms with Gasteiger partial charge in [0.1, 0.15) is 0 Å². The molecular weight excluding hydrogens is 268 g/mol. The monoisotopic (exact) mass is 288 g/mol. The maximum absolute atomic E-state index is 4.34. The summed E-state index contributed by atoms with van der Waals surface area (Å²) in [5, 5.41) is 5.30. The number of hydrogen-bond donors (Lipinski definition) is 0. The number of benzene rings is 2. The van der Waals surface area contributed by atoms with Crippen molar-refractivity contribution in [2.24, 2.45) is 0 Å². The largest absolute Gasteiger partial charge is 0.338 e. The van der Waals surface area contributed by atoms with Gasteiger partial charge < -0.3 is 4.57 Å². The Morgan fingerprint density at radius 1 is 0.909 bits per heavy atom. The number of para-hydroxylation sites is 1. The topological polar surface area (TPSA) is 17.8 Å². The van der Waals surface area contributed by atoms with Gasteiger partial charge in [0.05, 0.1) is 5.52 Å². The molecule has 0 aliphatic heterocycles. The van der Waals surface area contributed by atoms with Gasteiger partial charge >= 0.3 is 0 Å². The van der Waals surface area contributed by atoms with Crippen molar-refractivity contribution in [3.05, 3.63) is 53.9 Å². The first kappa shape index (κ1) is 13.3. The fourth-order valence-corrected chi connectivity index (χ4v) is 3.83. The van der Waals surface area contributed by atoms with E-state index in [0.717, 1.165) is 0 Å². The summed E-state index contributed by atoms with van der Waals surface area (Å²) in [6.45, 7) is 8.99. The van der Waals surface area contributed by atoms with Crippen LogP contribution >= 0.6 is 0 Å². The Morgan fingerprint density at radius 2 is 1.68 bits per heavy atom. The zero-order valence-electron chi connectivity index (χ0n) is 13.5. The predicted molar refractivity (Wildman–Crippen MR) is 94.6 cm³/mol. The molecule has 110 valence electrons. The second-order valence-electron chi connectivity index (χ2n) is 6.38. The van der Waals surface area contributed by atoms with E-state index < -0.39 is 0 Å². The molecule has 4 aromatic rings. The van der Waals surface area contributed by atoms with E-state index in [9.17, 15) is 0 Å². The third-order valence-corrected chi connectivity index (χ3v) is 4.79. The number of aryl methyl sites for hydroxylation is 2. The zero-order chi connectivity index (χ0) is 15.4. The average Bonchev–Trinajstić information content (AvgIpc) is 2.88. The number of rotatable bonds is 1. The molecule has 0 saturated heterocycles. The van der Waals surface area contributed by atoms with Gasteiger partial charge in [-0.2, -0.15) is 0 Å². The minimum atomic E-state index is 0.430. The highest BCUT2D eigenvalue weighted by molar-refractivity contribution is 6.16. The second kappa shape index (κ2) is 4.57. The number of pyridine rings is 1. The van der Waals surface area contributed by atoms with Crippen molar-refractivity contribution >= 4 is 32.6 Å². The van der Waals surface area contributed by atoms with Gasteiger partial charge in [-0.1, -0.05) is 18.2 Å². The van der Waals surface area contributed by atoms with Gasteiger partial charge in [-0.25, -0.2) is 0 Å². The van der Waals surface area contributed by atoms with Crippen LogP contribution < -0.4 is 0 Å². The second-order valence-corrected chi connectivity index (χ2v) is 6.38. The minimum Gasteiger partial charge on any atom is -0.338 e. The number of fused-ring (bicyclic) bond motifs is 4. The molecule has 0 fully saturated rings. The first-order valence-electron chi connectivity index (χ1n) is 7.86. The maximum Gasteiger partial charge on any atom is 0.0532 e. The summed E-state index contributed by atoms with van der Waals surface area (Å²) in [5.74, 6) is 0. The van der Waals surface area contributed by atoms with Crippen molar-refractivity contribution in [2.75, 3.05) is 0 Å². The lowest BCUT2D eigenvalue weighted by molar-refractivity contribution is 0.641.